The number of aryl methyl sites for hydroxylation is 1. The van der Waals surface area contributed by atoms with Gasteiger partial charge in [0.25, 0.3) is 5.56 Å². The lowest BCUT2D eigenvalue weighted by Gasteiger charge is -2.53. The summed E-state index contributed by atoms with van der Waals surface area (Å²) in [5.74, 6) is -0.422. The lowest BCUT2D eigenvalue weighted by Crippen LogP contribution is -2.64. The molecule has 41 heavy (non-hydrogen) atoms. The van der Waals surface area contributed by atoms with Gasteiger partial charge in [0.05, 0.1) is 30.2 Å². The molecule has 3 heterocycles. The smallest absolute Gasteiger partial charge is 0.320 e. The summed E-state index contributed by atoms with van der Waals surface area (Å²) in [6, 6.07) is 16.2. The van der Waals surface area contributed by atoms with Gasteiger partial charge in [0.15, 0.2) is 0 Å². The molecule has 2 amide bonds. The van der Waals surface area contributed by atoms with Crippen molar-refractivity contribution in [3.8, 4) is 11.3 Å². The van der Waals surface area contributed by atoms with Gasteiger partial charge in [-0.05, 0) is 43.4 Å². The molecular formula is C32H38FN5O3. The second kappa shape index (κ2) is 11.0. The Morgan fingerprint density at radius 3 is 2.61 bits per heavy atom. The molecule has 2 N–H and O–H groups in total. The Morgan fingerprint density at radius 1 is 1.10 bits per heavy atom. The summed E-state index contributed by atoms with van der Waals surface area (Å²) in [5.41, 5.74) is 0.419. The minimum Gasteiger partial charge on any atom is -0.387 e. The van der Waals surface area contributed by atoms with Crippen LogP contribution < -0.4 is 10.9 Å². The molecule has 1 aliphatic carbocycles. The standard InChI is InChI=1S/C32H38FN5O3/c1-23-8-7-11-25(33)29(23)26-18-28(39)37(22-35-26)21-32(41)14-16-36(20-31(32)12-5-6-13-31)30(40)38-17-15-34-19-27(38)24-9-3-2-4-10-24/h2-4,7-11,18,22,27,34,41H,5-6,12-17,19-21H2,1H3/t27-,32+/m0/s1. The van der Waals surface area contributed by atoms with Crippen molar-refractivity contribution in [2.24, 2.45) is 5.41 Å². The van der Waals surface area contributed by atoms with E-state index in [4.69, 9.17) is 0 Å². The Hall–Kier alpha value is -3.56. The van der Waals surface area contributed by atoms with Gasteiger partial charge in [0.2, 0.25) is 0 Å². The Balaban J connectivity index is 1.24. The maximum atomic E-state index is 14.5. The summed E-state index contributed by atoms with van der Waals surface area (Å²) >= 11 is 0. The van der Waals surface area contributed by atoms with Crippen molar-refractivity contribution in [2.75, 3.05) is 32.7 Å². The SMILES string of the molecule is Cc1cccc(F)c1-c1cc(=O)n(C[C@]2(O)CCN(C(=O)N3CCNC[C@H]3c3ccccc3)CC23CCCC3)cn1. The molecule has 216 valence electrons. The van der Waals surface area contributed by atoms with Crippen LogP contribution in [-0.2, 0) is 6.54 Å². The second-order valence-electron chi connectivity index (χ2n) is 12.0. The van der Waals surface area contributed by atoms with E-state index in [0.717, 1.165) is 37.8 Å². The van der Waals surface area contributed by atoms with E-state index in [0.29, 0.717) is 43.7 Å². The van der Waals surface area contributed by atoms with Gasteiger partial charge in [-0.15, -0.1) is 0 Å². The molecule has 2 aromatic carbocycles. The average Bonchev–Trinajstić information content (AvgIpc) is 3.46. The van der Waals surface area contributed by atoms with Crippen LogP contribution in [0.3, 0.4) is 0 Å². The van der Waals surface area contributed by atoms with E-state index in [1.165, 1.54) is 23.0 Å². The number of carbonyl (C=O) groups is 1. The number of benzene rings is 2. The number of aromatic nitrogens is 2. The highest BCUT2D eigenvalue weighted by molar-refractivity contribution is 5.75. The molecule has 6 rings (SSSR count). The molecule has 1 saturated carbocycles. The minimum absolute atomic E-state index is 0.0112. The van der Waals surface area contributed by atoms with E-state index in [-0.39, 0.29) is 29.9 Å². The van der Waals surface area contributed by atoms with Crippen molar-refractivity contribution in [2.45, 2.75) is 57.2 Å². The zero-order valence-corrected chi connectivity index (χ0v) is 23.6. The van der Waals surface area contributed by atoms with E-state index in [2.05, 4.69) is 22.4 Å². The van der Waals surface area contributed by atoms with Crippen LogP contribution in [0.1, 0.15) is 49.3 Å². The number of piperidine rings is 1. The predicted octanol–water partition coefficient (Wildman–Crippen LogP) is 4.12. The third kappa shape index (κ3) is 5.06. The number of hydrogen-bond donors (Lipinski definition) is 2. The van der Waals surface area contributed by atoms with E-state index in [1.54, 1.807) is 19.1 Å². The highest BCUT2D eigenvalue weighted by Gasteiger charge is 2.56. The lowest BCUT2D eigenvalue weighted by atomic mass is 9.66. The largest absolute Gasteiger partial charge is 0.387 e. The molecule has 1 spiro atoms. The summed E-state index contributed by atoms with van der Waals surface area (Å²) in [4.78, 5) is 35.5. The fraction of sp³-hybridized carbons (Fsp3) is 0.469. The lowest BCUT2D eigenvalue weighted by molar-refractivity contribution is -0.137. The van der Waals surface area contributed by atoms with Crippen molar-refractivity contribution in [1.82, 2.24) is 24.7 Å². The molecular weight excluding hydrogens is 521 g/mol. The maximum absolute atomic E-state index is 14.5. The van der Waals surface area contributed by atoms with Gasteiger partial charge < -0.3 is 20.2 Å². The Labute approximate surface area is 239 Å². The highest BCUT2D eigenvalue weighted by atomic mass is 19.1. The highest BCUT2D eigenvalue weighted by Crippen LogP contribution is 2.51. The summed E-state index contributed by atoms with van der Waals surface area (Å²) in [7, 11) is 0. The Bertz CT molecular complexity index is 1450. The number of halogens is 1. The van der Waals surface area contributed by atoms with Gasteiger partial charge in [0.1, 0.15) is 5.82 Å². The molecule has 8 nitrogen and oxygen atoms in total. The molecule has 0 bridgehead atoms. The summed E-state index contributed by atoms with van der Waals surface area (Å²) in [5, 5.41) is 15.6. The van der Waals surface area contributed by atoms with Crippen molar-refractivity contribution in [3.63, 3.8) is 0 Å². The molecule has 2 aliphatic heterocycles. The monoisotopic (exact) mass is 559 g/mol. The first-order valence-electron chi connectivity index (χ1n) is 14.7. The average molecular weight is 560 g/mol. The molecule has 9 heteroatoms. The molecule has 3 aliphatic rings. The number of nitrogens with one attached hydrogen (secondary N) is 1. The van der Waals surface area contributed by atoms with Gasteiger partial charge in [-0.2, -0.15) is 0 Å². The fourth-order valence-corrected chi connectivity index (χ4v) is 7.27. The number of likely N-dealkylation sites (tertiary alicyclic amines) is 1. The van der Waals surface area contributed by atoms with Crippen molar-refractivity contribution >= 4 is 6.03 Å². The van der Waals surface area contributed by atoms with Gasteiger partial charge in [0, 0.05) is 49.8 Å². The normalized spacial score (nSPS) is 24.1. The molecule has 3 aromatic rings. The quantitative estimate of drug-likeness (QED) is 0.502. The third-order valence-electron chi connectivity index (χ3n) is 9.57. The molecule has 2 atom stereocenters. The number of rotatable bonds is 4. The number of aliphatic hydroxyl groups is 1. The van der Waals surface area contributed by atoms with E-state index < -0.39 is 16.8 Å². The number of piperazine rings is 1. The topological polar surface area (TPSA) is 90.7 Å². The van der Waals surface area contributed by atoms with Crippen LogP contribution >= 0.6 is 0 Å². The summed E-state index contributed by atoms with van der Waals surface area (Å²) in [6.45, 7) is 4.83. The number of hydrogen-bond acceptors (Lipinski definition) is 5. The first-order valence-corrected chi connectivity index (χ1v) is 14.7. The molecule has 1 aromatic heterocycles. The second-order valence-corrected chi connectivity index (χ2v) is 12.0. The molecule has 0 unspecified atom stereocenters. The maximum Gasteiger partial charge on any atom is 0.320 e. The van der Waals surface area contributed by atoms with Crippen LogP contribution in [0.25, 0.3) is 11.3 Å². The van der Waals surface area contributed by atoms with Gasteiger partial charge in [-0.25, -0.2) is 14.2 Å². The van der Waals surface area contributed by atoms with Gasteiger partial charge in [-0.1, -0.05) is 55.3 Å². The van der Waals surface area contributed by atoms with Crippen LogP contribution in [0.5, 0.6) is 0 Å². The van der Waals surface area contributed by atoms with Crippen LogP contribution in [0.15, 0.2) is 65.7 Å². The third-order valence-corrected chi connectivity index (χ3v) is 9.57. The first kappa shape index (κ1) is 27.6. The first-order chi connectivity index (χ1) is 19.8. The number of amides is 2. The predicted molar refractivity (Wildman–Crippen MR) is 155 cm³/mol. The zero-order chi connectivity index (χ0) is 28.6. The van der Waals surface area contributed by atoms with E-state index >= 15 is 0 Å². The minimum atomic E-state index is -1.16. The van der Waals surface area contributed by atoms with Gasteiger partial charge in [-0.3, -0.25) is 9.36 Å². The molecule has 3 fully saturated rings. The van der Waals surface area contributed by atoms with Crippen molar-refractivity contribution in [1.29, 1.82) is 0 Å². The Kier molecular flexibility index (Phi) is 7.42. The van der Waals surface area contributed by atoms with Crippen LogP contribution in [0, 0.1) is 18.2 Å². The van der Waals surface area contributed by atoms with Crippen LogP contribution in [0.2, 0.25) is 0 Å². The van der Waals surface area contributed by atoms with Crippen LogP contribution in [-0.4, -0.2) is 68.8 Å². The van der Waals surface area contributed by atoms with Crippen LogP contribution in [0.4, 0.5) is 9.18 Å². The number of carbonyl (C=O) groups excluding carboxylic acids is 1. The zero-order valence-electron chi connectivity index (χ0n) is 23.6. The number of nitrogens with zero attached hydrogens (tertiary/aromatic N) is 4. The molecule has 0 radical (unpaired) electrons. The summed E-state index contributed by atoms with van der Waals surface area (Å²) < 4.78 is 16.0. The fourth-order valence-electron chi connectivity index (χ4n) is 7.27. The Morgan fingerprint density at radius 2 is 1.88 bits per heavy atom. The van der Waals surface area contributed by atoms with E-state index in [1.807, 2.05) is 28.0 Å². The number of urea groups is 1. The van der Waals surface area contributed by atoms with E-state index in [9.17, 15) is 19.1 Å². The van der Waals surface area contributed by atoms with Crippen molar-refractivity contribution < 1.29 is 14.3 Å². The molecule has 2 saturated heterocycles. The van der Waals surface area contributed by atoms with Gasteiger partial charge >= 0.3 is 6.03 Å². The van der Waals surface area contributed by atoms with Crippen molar-refractivity contribution in [3.05, 3.63) is 88.2 Å². The summed E-state index contributed by atoms with van der Waals surface area (Å²) in [6.07, 6.45) is 5.35.